The number of fused-ring (bicyclic) bond motifs is 4. The molecule has 3 heterocycles. The Bertz CT molecular complexity index is 1210. The Morgan fingerprint density at radius 1 is 1.00 bits per heavy atom. The average Bonchev–Trinajstić information content (AvgIpc) is 3.15. The maximum absolute atomic E-state index is 13.3. The van der Waals surface area contributed by atoms with Crippen molar-refractivity contribution in [2.75, 3.05) is 6.61 Å². The summed E-state index contributed by atoms with van der Waals surface area (Å²) in [5.41, 5.74) is 10.2. The van der Waals surface area contributed by atoms with Crippen molar-refractivity contribution in [1.82, 2.24) is 4.98 Å². The molecular formula is C26H26FN3O2. The van der Waals surface area contributed by atoms with Gasteiger partial charge < -0.3 is 15.2 Å². The van der Waals surface area contributed by atoms with Gasteiger partial charge in [0.2, 0.25) is 5.95 Å². The third-order valence-electron chi connectivity index (χ3n) is 6.09. The minimum atomic E-state index is -0.784. The minimum Gasteiger partial charge on any atom is -0.462 e. The van der Waals surface area contributed by atoms with Crippen molar-refractivity contribution in [3.05, 3.63) is 77.4 Å². The van der Waals surface area contributed by atoms with E-state index in [-0.39, 0.29) is 11.4 Å². The van der Waals surface area contributed by atoms with E-state index in [9.17, 15) is 4.39 Å². The first-order valence-electron chi connectivity index (χ1n) is 10.8. The summed E-state index contributed by atoms with van der Waals surface area (Å²) in [6.45, 7) is 7.03. The fourth-order valence-electron chi connectivity index (χ4n) is 4.30. The summed E-state index contributed by atoms with van der Waals surface area (Å²) in [5.74, 6) is 0.959. The van der Waals surface area contributed by atoms with Gasteiger partial charge in [0.15, 0.2) is 5.54 Å². The normalized spacial score (nSPS) is 19.1. The maximum atomic E-state index is 13.3. The van der Waals surface area contributed by atoms with Crippen molar-refractivity contribution < 1.29 is 13.9 Å². The molecule has 0 amide bonds. The molecule has 3 aromatic rings. The first kappa shape index (κ1) is 20.5. The number of hydrogen-bond acceptors (Lipinski definition) is 5. The van der Waals surface area contributed by atoms with Crippen LogP contribution >= 0.6 is 0 Å². The van der Waals surface area contributed by atoms with Gasteiger partial charge in [-0.3, -0.25) is 0 Å². The van der Waals surface area contributed by atoms with E-state index in [1.165, 1.54) is 17.8 Å². The van der Waals surface area contributed by atoms with Gasteiger partial charge in [0.05, 0.1) is 0 Å². The molecule has 164 valence electrons. The highest BCUT2D eigenvalue weighted by Crippen LogP contribution is 2.52. The second kappa shape index (κ2) is 7.33. The van der Waals surface area contributed by atoms with Crippen LogP contribution in [0.4, 0.5) is 4.39 Å². The fraction of sp³-hybridized carbons (Fsp3) is 0.308. The number of nitrogens with zero attached hydrogens (tertiary/aromatic N) is 2. The van der Waals surface area contributed by atoms with Crippen molar-refractivity contribution in [3.63, 3.8) is 0 Å². The number of rotatable bonds is 3. The predicted octanol–water partition coefficient (Wildman–Crippen LogP) is 5.56. The molecule has 1 atom stereocenters. The van der Waals surface area contributed by atoms with E-state index in [1.54, 1.807) is 6.07 Å². The van der Waals surface area contributed by atoms with E-state index < -0.39 is 11.5 Å². The summed E-state index contributed by atoms with van der Waals surface area (Å²) in [7, 11) is 0. The molecule has 2 aliphatic heterocycles. The minimum absolute atomic E-state index is 0.165. The molecule has 0 saturated heterocycles. The SMILES string of the molecule is CC(C)(C)CCc1ccc2c(c1)[C@@]1(COC(N)=N1)c1cc(-c3ccc(F)nc3)ccc1O2. The molecule has 6 heteroatoms. The third kappa shape index (κ3) is 3.60. The summed E-state index contributed by atoms with van der Waals surface area (Å²) in [4.78, 5) is 8.56. The second-order valence-corrected chi connectivity index (χ2v) is 9.67. The standard InChI is InChI=1S/C26H26FN3O2/c1-25(2,3)11-10-16-4-7-21-19(12-16)26(15-31-24(28)30-26)20-13-17(5-8-22(20)32-21)18-6-9-23(27)29-14-18/h4-9,12-14H,10-11,15H2,1-3H3,(H2,28,30)/t26-/m0/s1. The van der Waals surface area contributed by atoms with Gasteiger partial charge in [0, 0.05) is 22.9 Å². The van der Waals surface area contributed by atoms with E-state index in [0.717, 1.165) is 40.8 Å². The van der Waals surface area contributed by atoms with Crippen LogP contribution in [-0.2, 0) is 16.7 Å². The fourth-order valence-corrected chi connectivity index (χ4v) is 4.30. The largest absolute Gasteiger partial charge is 0.462 e. The van der Waals surface area contributed by atoms with E-state index in [4.69, 9.17) is 20.2 Å². The monoisotopic (exact) mass is 431 g/mol. The van der Waals surface area contributed by atoms with Crippen LogP contribution in [0, 0.1) is 11.4 Å². The molecule has 5 nitrogen and oxygen atoms in total. The Balaban J connectivity index is 1.62. The van der Waals surface area contributed by atoms with Crippen LogP contribution in [0.1, 0.15) is 43.9 Å². The lowest BCUT2D eigenvalue weighted by Gasteiger charge is -2.34. The highest BCUT2D eigenvalue weighted by atomic mass is 19.1. The zero-order valence-corrected chi connectivity index (χ0v) is 18.5. The molecule has 0 radical (unpaired) electrons. The van der Waals surface area contributed by atoms with Gasteiger partial charge in [-0.15, -0.1) is 0 Å². The van der Waals surface area contributed by atoms with Gasteiger partial charge in [0.25, 0.3) is 6.02 Å². The second-order valence-electron chi connectivity index (χ2n) is 9.67. The van der Waals surface area contributed by atoms with Crippen LogP contribution in [0.5, 0.6) is 11.5 Å². The first-order valence-corrected chi connectivity index (χ1v) is 10.8. The number of aryl methyl sites for hydroxylation is 1. The lowest BCUT2D eigenvalue weighted by atomic mass is 9.79. The molecule has 32 heavy (non-hydrogen) atoms. The number of nitrogens with two attached hydrogens (primary N) is 1. The van der Waals surface area contributed by atoms with Crippen molar-refractivity contribution in [3.8, 4) is 22.6 Å². The van der Waals surface area contributed by atoms with Gasteiger partial charge in [-0.05, 0) is 65.8 Å². The Morgan fingerprint density at radius 3 is 2.38 bits per heavy atom. The lowest BCUT2D eigenvalue weighted by molar-refractivity contribution is 0.264. The van der Waals surface area contributed by atoms with E-state index >= 15 is 0 Å². The summed E-state index contributed by atoms with van der Waals surface area (Å²) in [6, 6.07) is 15.4. The van der Waals surface area contributed by atoms with Crippen molar-refractivity contribution in [2.45, 2.75) is 39.2 Å². The third-order valence-corrected chi connectivity index (χ3v) is 6.09. The number of hydrogen-bond donors (Lipinski definition) is 1. The van der Waals surface area contributed by atoms with Crippen molar-refractivity contribution in [1.29, 1.82) is 0 Å². The number of benzene rings is 2. The molecule has 1 aromatic heterocycles. The Hall–Kier alpha value is -3.41. The van der Waals surface area contributed by atoms with Crippen LogP contribution in [0.2, 0.25) is 0 Å². The molecule has 0 fully saturated rings. The Kier molecular flexibility index (Phi) is 4.69. The van der Waals surface area contributed by atoms with Crippen molar-refractivity contribution in [2.24, 2.45) is 16.1 Å². The number of aromatic nitrogens is 1. The molecule has 0 aliphatic carbocycles. The molecule has 2 aliphatic rings. The lowest BCUT2D eigenvalue weighted by Crippen LogP contribution is -2.31. The van der Waals surface area contributed by atoms with Crippen LogP contribution in [0.15, 0.2) is 59.7 Å². The number of pyridine rings is 1. The summed E-state index contributed by atoms with van der Waals surface area (Å²) in [5, 5.41) is 0. The quantitative estimate of drug-likeness (QED) is 0.551. The van der Waals surface area contributed by atoms with Gasteiger partial charge in [-0.1, -0.05) is 32.9 Å². The molecule has 0 bridgehead atoms. The van der Waals surface area contributed by atoms with Gasteiger partial charge >= 0.3 is 0 Å². The molecule has 5 rings (SSSR count). The van der Waals surface area contributed by atoms with Crippen LogP contribution in [0.25, 0.3) is 11.1 Å². The van der Waals surface area contributed by atoms with Crippen LogP contribution in [0.3, 0.4) is 0 Å². The zero-order valence-electron chi connectivity index (χ0n) is 18.5. The van der Waals surface area contributed by atoms with E-state index in [2.05, 4.69) is 37.9 Å². The van der Waals surface area contributed by atoms with Gasteiger partial charge in [-0.2, -0.15) is 4.39 Å². The highest BCUT2D eigenvalue weighted by molar-refractivity contribution is 5.78. The summed E-state index contributed by atoms with van der Waals surface area (Å²) >= 11 is 0. The van der Waals surface area contributed by atoms with Gasteiger partial charge in [0.1, 0.15) is 18.1 Å². The molecule has 1 spiro atoms. The molecule has 2 N–H and O–H groups in total. The smallest absolute Gasteiger partial charge is 0.283 e. The first-order chi connectivity index (χ1) is 15.2. The number of aliphatic imine (C=N–C) groups is 1. The van der Waals surface area contributed by atoms with Gasteiger partial charge in [-0.25, -0.2) is 9.98 Å². The summed E-state index contributed by atoms with van der Waals surface area (Å²) < 4.78 is 25.3. The van der Waals surface area contributed by atoms with E-state index in [0.29, 0.717) is 12.4 Å². The topological polar surface area (TPSA) is 69.7 Å². The molecule has 0 saturated carbocycles. The number of amidine groups is 1. The Morgan fingerprint density at radius 2 is 1.72 bits per heavy atom. The number of ether oxygens (including phenoxy) is 2. The average molecular weight is 432 g/mol. The van der Waals surface area contributed by atoms with Crippen LogP contribution in [-0.4, -0.2) is 17.6 Å². The highest BCUT2D eigenvalue weighted by Gasteiger charge is 2.47. The Labute approximate surface area is 187 Å². The predicted molar refractivity (Wildman–Crippen MR) is 122 cm³/mol. The number of halogens is 1. The zero-order chi connectivity index (χ0) is 22.5. The van der Waals surface area contributed by atoms with Crippen molar-refractivity contribution >= 4 is 6.02 Å². The van der Waals surface area contributed by atoms with E-state index in [1.807, 2.05) is 24.3 Å². The molecule has 0 unspecified atom stereocenters. The maximum Gasteiger partial charge on any atom is 0.283 e. The molecule has 2 aromatic carbocycles. The molecular weight excluding hydrogens is 405 g/mol. The van der Waals surface area contributed by atoms with Crippen LogP contribution < -0.4 is 10.5 Å². The summed E-state index contributed by atoms with van der Waals surface area (Å²) in [6.07, 6.45) is 3.55.